The molecule has 32 heavy (non-hydrogen) atoms. The van der Waals surface area contributed by atoms with Gasteiger partial charge in [0.15, 0.2) is 0 Å². The minimum absolute atomic E-state index is 0.160. The summed E-state index contributed by atoms with van der Waals surface area (Å²) in [6.45, 7) is 1.78. The Morgan fingerprint density at radius 2 is 1.97 bits per heavy atom. The van der Waals surface area contributed by atoms with Crippen LogP contribution in [-0.2, 0) is 16.8 Å². The fourth-order valence-corrected chi connectivity index (χ4v) is 4.78. The number of benzene rings is 1. The van der Waals surface area contributed by atoms with Crippen molar-refractivity contribution < 1.29 is 17.6 Å². The molecule has 2 heterocycles. The number of piperidine rings is 1. The first kappa shape index (κ1) is 24.1. The first-order valence-corrected chi connectivity index (χ1v) is 11.7. The SMILES string of the molecule is CN(C)S(=O)(=O)N(C)C1CCCN(Cc2cc(F)cc(NC(=O)Nc3cccnc3)c2)C1. The normalized spacial score (nSPS) is 17.5. The van der Waals surface area contributed by atoms with Gasteiger partial charge in [0.1, 0.15) is 5.82 Å². The molecular formula is C21H29FN6O3S. The van der Waals surface area contributed by atoms with E-state index < -0.39 is 22.1 Å². The number of carbonyl (C=O) groups is 1. The fraction of sp³-hybridized carbons (Fsp3) is 0.429. The average molecular weight is 465 g/mol. The van der Waals surface area contributed by atoms with Gasteiger partial charge in [0, 0.05) is 52.2 Å². The van der Waals surface area contributed by atoms with Crippen LogP contribution >= 0.6 is 0 Å². The van der Waals surface area contributed by atoms with Gasteiger partial charge >= 0.3 is 6.03 Å². The number of likely N-dealkylation sites (N-methyl/N-ethyl adjacent to an activating group) is 1. The molecule has 11 heteroatoms. The number of pyridine rings is 1. The van der Waals surface area contributed by atoms with Gasteiger partial charge in [0.25, 0.3) is 10.2 Å². The molecule has 2 aromatic rings. The van der Waals surface area contributed by atoms with Crippen LogP contribution in [-0.4, -0.2) is 73.2 Å². The zero-order chi connectivity index (χ0) is 23.3. The highest BCUT2D eigenvalue weighted by Gasteiger charge is 2.31. The van der Waals surface area contributed by atoms with Gasteiger partial charge in [0.05, 0.1) is 11.9 Å². The molecule has 9 nitrogen and oxygen atoms in total. The maximum absolute atomic E-state index is 14.2. The van der Waals surface area contributed by atoms with E-state index in [1.807, 2.05) is 0 Å². The Kier molecular flexibility index (Phi) is 7.77. The van der Waals surface area contributed by atoms with Gasteiger partial charge in [-0.15, -0.1) is 0 Å². The first-order valence-electron chi connectivity index (χ1n) is 10.3. The number of nitrogens with zero attached hydrogens (tertiary/aromatic N) is 4. The molecule has 0 saturated carbocycles. The number of aromatic nitrogens is 1. The van der Waals surface area contributed by atoms with E-state index in [1.165, 1.54) is 41.0 Å². The lowest BCUT2D eigenvalue weighted by Gasteiger charge is -2.37. The Labute approximate surface area is 188 Å². The third kappa shape index (κ3) is 6.22. The van der Waals surface area contributed by atoms with Crippen LogP contribution < -0.4 is 10.6 Å². The van der Waals surface area contributed by atoms with E-state index in [0.717, 1.165) is 19.4 Å². The molecule has 1 aliphatic rings. The summed E-state index contributed by atoms with van der Waals surface area (Å²) in [7, 11) is 1.11. The molecule has 2 amide bonds. The Morgan fingerprint density at radius 1 is 1.22 bits per heavy atom. The molecular weight excluding hydrogens is 435 g/mol. The van der Waals surface area contributed by atoms with Gasteiger partial charge in [-0.05, 0) is 55.3 Å². The second kappa shape index (κ2) is 10.3. The van der Waals surface area contributed by atoms with Crippen molar-refractivity contribution in [3.63, 3.8) is 0 Å². The van der Waals surface area contributed by atoms with Gasteiger partial charge in [-0.25, -0.2) is 9.18 Å². The van der Waals surface area contributed by atoms with Crippen molar-refractivity contribution in [3.8, 4) is 0 Å². The molecule has 1 aromatic heterocycles. The third-order valence-corrected chi connectivity index (χ3v) is 7.31. The number of carbonyl (C=O) groups excluding carboxylic acids is 1. The molecule has 2 N–H and O–H groups in total. The van der Waals surface area contributed by atoms with Crippen LogP contribution in [0.4, 0.5) is 20.6 Å². The Morgan fingerprint density at radius 3 is 2.66 bits per heavy atom. The highest BCUT2D eigenvalue weighted by Crippen LogP contribution is 2.22. The summed E-state index contributed by atoms with van der Waals surface area (Å²) >= 11 is 0. The van der Waals surface area contributed by atoms with E-state index in [1.54, 1.807) is 31.4 Å². The number of nitrogens with one attached hydrogen (secondary N) is 2. The first-order chi connectivity index (χ1) is 15.1. The number of hydrogen-bond acceptors (Lipinski definition) is 5. The second-order valence-electron chi connectivity index (χ2n) is 8.01. The van der Waals surface area contributed by atoms with E-state index in [4.69, 9.17) is 0 Å². The van der Waals surface area contributed by atoms with E-state index in [9.17, 15) is 17.6 Å². The number of hydrogen-bond donors (Lipinski definition) is 2. The summed E-state index contributed by atoms with van der Waals surface area (Å²) in [5.41, 5.74) is 1.56. The van der Waals surface area contributed by atoms with Crippen LogP contribution in [0.2, 0.25) is 0 Å². The summed E-state index contributed by atoms with van der Waals surface area (Å²) in [5.74, 6) is -0.458. The zero-order valence-electron chi connectivity index (χ0n) is 18.5. The van der Waals surface area contributed by atoms with Crippen LogP contribution in [0.5, 0.6) is 0 Å². The van der Waals surface area contributed by atoms with Crippen molar-refractivity contribution >= 4 is 27.6 Å². The molecule has 0 bridgehead atoms. The fourth-order valence-electron chi connectivity index (χ4n) is 3.72. The van der Waals surface area contributed by atoms with Crippen molar-refractivity contribution in [2.75, 3.05) is 44.9 Å². The van der Waals surface area contributed by atoms with Crippen LogP contribution in [0.3, 0.4) is 0 Å². The van der Waals surface area contributed by atoms with E-state index in [-0.39, 0.29) is 6.04 Å². The highest BCUT2D eigenvalue weighted by atomic mass is 32.2. The van der Waals surface area contributed by atoms with Crippen molar-refractivity contribution in [1.29, 1.82) is 0 Å². The molecule has 1 aliphatic heterocycles. The molecule has 174 valence electrons. The van der Waals surface area contributed by atoms with Gasteiger partial charge in [-0.2, -0.15) is 17.0 Å². The molecule has 0 aliphatic carbocycles. The number of anilines is 2. The Bertz CT molecular complexity index is 1040. The van der Waals surface area contributed by atoms with Gasteiger partial charge < -0.3 is 10.6 Å². The highest BCUT2D eigenvalue weighted by molar-refractivity contribution is 7.86. The van der Waals surface area contributed by atoms with Crippen LogP contribution in [0, 0.1) is 5.82 Å². The molecule has 1 unspecified atom stereocenters. The maximum atomic E-state index is 14.2. The van der Waals surface area contributed by atoms with Crippen LogP contribution in [0.25, 0.3) is 0 Å². The predicted octanol–water partition coefficient (Wildman–Crippen LogP) is 2.57. The quantitative estimate of drug-likeness (QED) is 0.656. The minimum Gasteiger partial charge on any atom is -0.308 e. The largest absolute Gasteiger partial charge is 0.323 e. The third-order valence-electron chi connectivity index (χ3n) is 5.36. The second-order valence-corrected chi connectivity index (χ2v) is 10.2. The van der Waals surface area contributed by atoms with Gasteiger partial charge in [-0.1, -0.05) is 0 Å². The summed E-state index contributed by atoms with van der Waals surface area (Å²) in [5, 5.41) is 5.28. The molecule has 3 rings (SSSR count). The predicted molar refractivity (Wildman–Crippen MR) is 122 cm³/mol. The van der Waals surface area contributed by atoms with E-state index in [2.05, 4.69) is 20.5 Å². The zero-order valence-corrected chi connectivity index (χ0v) is 19.3. The molecule has 1 fully saturated rings. The monoisotopic (exact) mass is 464 g/mol. The number of rotatable bonds is 7. The summed E-state index contributed by atoms with van der Waals surface area (Å²) in [6.07, 6.45) is 4.72. The topological polar surface area (TPSA) is 97.9 Å². The van der Waals surface area contributed by atoms with E-state index >= 15 is 0 Å². The standard InChI is InChI=1S/C21H29FN6O3S/c1-26(2)32(30,31)27(3)20-7-5-9-28(15-20)14-16-10-17(22)12-19(11-16)25-21(29)24-18-6-4-8-23-13-18/h4,6,8,10-13,20H,5,7,9,14-15H2,1-3H3,(H2,24,25,29). The number of likely N-dealkylation sites (tertiary alicyclic amines) is 1. The van der Waals surface area contributed by atoms with Crippen LogP contribution in [0.15, 0.2) is 42.7 Å². The smallest absolute Gasteiger partial charge is 0.308 e. The Balaban J connectivity index is 1.64. The Hall–Kier alpha value is -2.60. The summed E-state index contributed by atoms with van der Waals surface area (Å²) in [6, 6.07) is 7.13. The summed E-state index contributed by atoms with van der Waals surface area (Å²) in [4.78, 5) is 18.2. The van der Waals surface area contributed by atoms with Crippen molar-refractivity contribution in [1.82, 2.24) is 18.5 Å². The van der Waals surface area contributed by atoms with Gasteiger partial charge in [0.2, 0.25) is 0 Å². The number of amides is 2. The number of halogens is 1. The lowest BCUT2D eigenvalue weighted by Crippen LogP contribution is -2.50. The molecule has 1 atom stereocenters. The lowest BCUT2D eigenvalue weighted by atomic mass is 10.0. The summed E-state index contributed by atoms with van der Waals surface area (Å²) < 4.78 is 41.7. The lowest BCUT2D eigenvalue weighted by molar-refractivity contribution is 0.150. The van der Waals surface area contributed by atoms with Gasteiger partial charge in [-0.3, -0.25) is 9.88 Å². The van der Waals surface area contributed by atoms with E-state index in [0.29, 0.717) is 30.0 Å². The van der Waals surface area contributed by atoms with Crippen molar-refractivity contribution in [3.05, 3.63) is 54.1 Å². The molecule has 1 aromatic carbocycles. The van der Waals surface area contributed by atoms with Crippen molar-refractivity contribution in [2.45, 2.75) is 25.4 Å². The number of urea groups is 1. The van der Waals surface area contributed by atoms with Crippen molar-refractivity contribution in [2.24, 2.45) is 0 Å². The molecule has 0 spiro atoms. The maximum Gasteiger partial charge on any atom is 0.323 e. The van der Waals surface area contributed by atoms with Crippen LogP contribution in [0.1, 0.15) is 18.4 Å². The molecule has 1 saturated heterocycles. The minimum atomic E-state index is -3.50. The average Bonchev–Trinajstić information content (AvgIpc) is 2.73. The molecule has 0 radical (unpaired) electrons.